The van der Waals surface area contributed by atoms with Gasteiger partial charge in [-0.15, -0.1) is 12.4 Å². The summed E-state index contributed by atoms with van der Waals surface area (Å²) < 4.78 is 27.1. The predicted octanol–water partition coefficient (Wildman–Crippen LogP) is 1.36. The van der Waals surface area contributed by atoms with Gasteiger partial charge in [-0.05, 0) is 38.4 Å². The highest BCUT2D eigenvalue weighted by atomic mass is 35.5. The molecule has 0 amide bonds. The van der Waals surface area contributed by atoms with Crippen molar-refractivity contribution in [2.75, 3.05) is 13.1 Å². The standard InChI is InChI=1S/C12H17N3O4S.ClH/c1-9-7-11(4-5-12(9)15(16)17)20(18,19)14-10-3-2-6-13-8-10;/h4-5,7,10,13-14H,2-3,6,8H2,1H3;1H. The van der Waals surface area contributed by atoms with Crippen molar-refractivity contribution >= 4 is 28.1 Å². The summed E-state index contributed by atoms with van der Waals surface area (Å²) in [4.78, 5) is 10.3. The molecule has 1 aromatic rings. The average molecular weight is 336 g/mol. The van der Waals surface area contributed by atoms with Crippen molar-refractivity contribution in [1.29, 1.82) is 0 Å². The van der Waals surface area contributed by atoms with Crippen molar-refractivity contribution in [3.63, 3.8) is 0 Å². The number of rotatable bonds is 4. The van der Waals surface area contributed by atoms with Crippen LogP contribution in [0.1, 0.15) is 18.4 Å². The van der Waals surface area contributed by atoms with Gasteiger partial charge in [0.25, 0.3) is 5.69 Å². The fourth-order valence-electron chi connectivity index (χ4n) is 2.24. The lowest BCUT2D eigenvalue weighted by atomic mass is 10.1. The molecule has 0 aromatic heterocycles. The minimum atomic E-state index is -3.64. The van der Waals surface area contributed by atoms with Gasteiger partial charge in [-0.25, -0.2) is 13.1 Å². The fraction of sp³-hybridized carbons (Fsp3) is 0.500. The first-order valence-corrected chi connectivity index (χ1v) is 7.86. The van der Waals surface area contributed by atoms with Crippen LogP contribution in [0.4, 0.5) is 5.69 Å². The van der Waals surface area contributed by atoms with Gasteiger partial charge in [-0.3, -0.25) is 10.1 Å². The topological polar surface area (TPSA) is 101 Å². The number of hydrogen-bond acceptors (Lipinski definition) is 5. The highest BCUT2D eigenvalue weighted by Crippen LogP contribution is 2.21. The molecule has 2 rings (SSSR count). The van der Waals surface area contributed by atoms with Crippen molar-refractivity contribution < 1.29 is 13.3 Å². The molecule has 1 aliphatic rings. The number of hydrogen-bond donors (Lipinski definition) is 2. The number of sulfonamides is 1. The molecule has 0 bridgehead atoms. The van der Waals surface area contributed by atoms with E-state index < -0.39 is 14.9 Å². The quantitative estimate of drug-likeness (QED) is 0.639. The van der Waals surface area contributed by atoms with Crippen LogP contribution in [0.25, 0.3) is 0 Å². The van der Waals surface area contributed by atoms with E-state index in [0.717, 1.165) is 19.4 Å². The summed E-state index contributed by atoms with van der Waals surface area (Å²) >= 11 is 0. The largest absolute Gasteiger partial charge is 0.315 e. The third kappa shape index (κ3) is 4.37. The number of piperidine rings is 1. The Morgan fingerprint density at radius 2 is 2.14 bits per heavy atom. The minimum absolute atomic E-state index is 0. The SMILES string of the molecule is Cc1cc(S(=O)(=O)NC2CCCNC2)ccc1[N+](=O)[O-].Cl. The molecule has 7 nitrogen and oxygen atoms in total. The summed E-state index contributed by atoms with van der Waals surface area (Å²) in [5.74, 6) is 0. The van der Waals surface area contributed by atoms with Gasteiger partial charge in [-0.1, -0.05) is 0 Å². The maximum atomic E-state index is 12.2. The highest BCUT2D eigenvalue weighted by Gasteiger charge is 2.23. The molecule has 0 aliphatic carbocycles. The zero-order valence-corrected chi connectivity index (χ0v) is 13.2. The Labute approximate surface area is 129 Å². The number of aryl methyl sites for hydroxylation is 1. The molecule has 2 N–H and O–H groups in total. The molecule has 9 heteroatoms. The van der Waals surface area contributed by atoms with Gasteiger partial charge < -0.3 is 5.32 Å². The number of halogens is 1. The molecule has 1 saturated heterocycles. The molecular weight excluding hydrogens is 318 g/mol. The van der Waals surface area contributed by atoms with Gasteiger partial charge in [0.05, 0.1) is 9.82 Å². The molecule has 21 heavy (non-hydrogen) atoms. The Balaban J connectivity index is 0.00000220. The maximum Gasteiger partial charge on any atom is 0.272 e. The van der Waals surface area contributed by atoms with Crippen LogP contribution in [0.2, 0.25) is 0 Å². The van der Waals surface area contributed by atoms with E-state index in [9.17, 15) is 18.5 Å². The van der Waals surface area contributed by atoms with Gasteiger partial charge in [0, 0.05) is 24.2 Å². The lowest BCUT2D eigenvalue weighted by Gasteiger charge is -2.23. The van der Waals surface area contributed by atoms with Gasteiger partial charge in [0.2, 0.25) is 10.0 Å². The van der Waals surface area contributed by atoms with E-state index in [1.807, 2.05) is 0 Å². The van der Waals surface area contributed by atoms with Crippen LogP contribution in [-0.2, 0) is 10.0 Å². The fourth-order valence-corrected chi connectivity index (χ4v) is 3.60. The Hall–Kier alpha value is -1.22. The Morgan fingerprint density at radius 1 is 1.43 bits per heavy atom. The third-order valence-electron chi connectivity index (χ3n) is 3.29. The summed E-state index contributed by atoms with van der Waals surface area (Å²) in [5.41, 5.74) is 0.253. The zero-order chi connectivity index (χ0) is 14.8. The first kappa shape index (κ1) is 17.8. The van der Waals surface area contributed by atoms with Crippen molar-refractivity contribution in [3.8, 4) is 0 Å². The van der Waals surface area contributed by atoms with Gasteiger partial charge in [0.1, 0.15) is 0 Å². The summed E-state index contributed by atoms with van der Waals surface area (Å²) in [7, 11) is -3.64. The second-order valence-electron chi connectivity index (χ2n) is 4.87. The summed E-state index contributed by atoms with van der Waals surface area (Å²) in [6.45, 7) is 3.03. The van der Waals surface area contributed by atoms with Crippen LogP contribution in [-0.4, -0.2) is 32.5 Å². The molecular formula is C12H18ClN3O4S. The summed E-state index contributed by atoms with van der Waals surface area (Å²) in [5, 5.41) is 13.9. The Morgan fingerprint density at radius 3 is 2.67 bits per heavy atom. The normalized spacial score (nSPS) is 18.8. The minimum Gasteiger partial charge on any atom is -0.315 e. The molecule has 1 heterocycles. The third-order valence-corrected chi connectivity index (χ3v) is 4.81. The van der Waals surface area contributed by atoms with Crippen LogP contribution in [0, 0.1) is 17.0 Å². The van der Waals surface area contributed by atoms with Crippen LogP contribution in [0.3, 0.4) is 0 Å². The first-order valence-electron chi connectivity index (χ1n) is 6.38. The molecule has 1 aromatic carbocycles. The van der Waals surface area contributed by atoms with Crippen LogP contribution >= 0.6 is 12.4 Å². The van der Waals surface area contributed by atoms with E-state index >= 15 is 0 Å². The lowest BCUT2D eigenvalue weighted by Crippen LogP contribution is -2.45. The van der Waals surface area contributed by atoms with Crippen LogP contribution < -0.4 is 10.0 Å². The van der Waals surface area contributed by atoms with Crippen molar-refractivity contribution in [2.45, 2.75) is 30.7 Å². The van der Waals surface area contributed by atoms with E-state index in [1.165, 1.54) is 25.1 Å². The van der Waals surface area contributed by atoms with Crippen LogP contribution in [0.15, 0.2) is 23.1 Å². The molecule has 0 saturated carbocycles. The predicted molar refractivity (Wildman–Crippen MR) is 81.3 cm³/mol. The molecule has 118 valence electrons. The summed E-state index contributed by atoms with van der Waals surface area (Å²) in [6.07, 6.45) is 1.71. The monoisotopic (exact) mass is 335 g/mol. The number of nitro groups is 1. The van der Waals surface area contributed by atoms with Crippen molar-refractivity contribution in [3.05, 3.63) is 33.9 Å². The van der Waals surface area contributed by atoms with E-state index in [1.54, 1.807) is 0 Å². The molecule has 0 radical (unpaired) electrons. The van der Waals surface area contributed by atoms with Crippen molar-refractivity contribution in [2.24, 2.45) is 0 Å². The van der Waals surface area contributed by atoms with E-state index in [0.29, 0.717) is 12.1 Å². The number of nitro benzene ring substituents is 1. The molecule has 1 unspecified atom stereocenters. The van der Waals surface area contributed by atoms with Crippen molar-refractivity contribution in [1.82, 2.24) is 10.0 Å². The average Bonchev–Trinajstić information content (AvgIpc) is 2.38. The second kappa shape index (κ2) is 7.17. The number of nitrogens with one attached hydrogen (secondary N) is 2. The second-order valence-corrected chi connectivity index (χ2v) is 6.58. The number of benzene rings is 1. The van der Waals surface area contributed by atoms with Gasteiger partial charge >= 0.3 is 0 Å². The lowest BCUT2D eigenvalue weighted by molar-refractivity contribution is -0.385. The summed E-state index contributed by atoms with van der Waals surface area (Å²) in [6, 6.07) is 3.69. The maximum absolute atomic E-state index is 12.2. The molecule has 1 aliphatic heterocycles. The van der Waals surface area contributed by atoms with E-state index in [4.69, 9.17) is 0 Å². The van der Waals surface area contributed by atoms with E-state index in [-0.39, 0.29) is 29.0 Å². The molecule has 1 fully saturated rings. The Kier molecular flexibility index (Phi) is 6.09. The highest BCUT2D eigenvalue weighted by molar-refractivity contribution is 7.89. The van der Waals surface area contributed by atoms with E-state index in [2.05, 4.69) is 10.0 Å². The molecule has 0 spiro atoms. The smallest absolute Gasteiger partial charge is 0.272 e. The Bertz CT molecular complexity index is 615. The van der Waals surface area contributed by atoms with Crippen LogP contribution in [0.5, 0.6) is 0 Å². The zero-order valence-electron chi connectivity index (χ0n) is 11.5. The first-order chi connectivity index (χ1) is 9.40. The van der Waals surface area contributed by atoms with Gasteiger partial charge in [-0.2, -0.15) is 0 Å². The van der Waals surface area contributed by atoms with Gasteiger partial charge in [0.15, 0.2) is 0 Å². The molecule has 1 atom stereocenters. The number of nitrogens with zero attached hydrogens (tertiary/aromatic N) is 1.